The lowest BCUT2D eigenvalue weighted by Gasteiger charge is -2.31. The molecule has 0 spiro atoms. The van der Waals surface area contributed by atoms with Crippen molar-refractivity contribution in [3.63, 3.8) is 0 Å². The maximum atomic E-state index is 12.8. The molecule has 1 N–H and O–H groups in total. The fourth-order valence-corrected chi connectivity index (χ4v) is 3.37. The Kier molecular flexibility index (Phi) is 5.33. The van der Waals surface area contributed by atoms with Crippen LogP contribution in [0.5, 0.6) is 0 Å². The number of hydrogen-bond donors (Lipinski definition) is 1. The van der Waals surface area contributed by atoms with Crippen molar-refractivity contribution in [2.24, 2.45) is 5.92 Å². The van der Waals surface area contributed by atoms with Crippen LogP contribution in [0.25, 0.3) is 11.4 Å². The molecule has 0 atom stereocenters. The average Bonchev–Trinajstić information content (AvgIpc) is 3.20. The minimum atomic E-state index is -0.120. The molecule has 4 rings (SSSR count). The number of carbonyl (C=O) groups excluding carboxylic acids is 2. The van der Waals surface area contributed by atoms with Crippen LogP contribution in [0.1, 0.15) is 29.1 Å². The van der Waals surface area contributed by atoms with E-state index in [-0.39, 0.29) is 17.7 Å². The van der Waals surface area contributed by atoms with Gasteiger partial charge >= 0.3 is 0 Å². The SMILES string of the molecule is Cc1nc(-c2ccc(C(=O)N3CCC(C(=O)Nc4ccccn4)CC3)cc2)no1. The first-order valence-corrected chi connectivity index (χ1v) is 9.52. The number of amides is 2. The van der Waals surface area contributed by atoms with Gasteiger partial charge in [-0.15, -0.1) is 0 Å². The molecule has 0 aliphatic carbocycles. The number of anilines is 1. The second-order valence-corrected chi connectivity index (χ2v) is 6.99. The van der Waals surface area contributed by atoms with Gasteiger partial charge in [-0.05, 0) is 37.1 Å². The van der Waals surface area contributed by atoms with Crippen molar-refractivity contribution >= 4 is 17.6 Å². The summed E-state index contributed by atoms with van der Waals surface area (Å²) in [7, 11) is 0. The number of hydrogen-bond acceptors (Lipinski definition) is 6. The van der Waals surface area contributed by atoms with Gasteiger partial charge in [0.05, 0.1) is 0 Å². The van der Waals surface area contributed by atoms with Gasteiger partial charge in [0.1, 0.15) is 5.82 Å². The zero-order chi connectivity index (χ0) is 20.2. The van der Waals surface area contributed by atoms with E-state index in [4.69, 9.17) is 4.52 Å². The van der Waals surface area contributed by atoms with Crippen molar-refractivity contribution < 1.29 is 14.1 Å². The molecule has 2 aromatic heterocycles. The number of pyridine rings is 1. The van der Waals surface area contributed by atoms with Crippen molar-refractivity contribution in [1.29, 1.82) is 0 Å². The van der Waals surface area contributed by atoms with Gasteiger partial charge in [-0.2, -0.15) is 4.98 Å². The van der Waals surface area contributed by atoms with E-state index in [1.54, 1.807) is 42.3 Å². The van der Waals surface area contributed by atoms with Gasteiger partial charge in [-0.1, -0.05) is 23.4 Å². The van der Waals surface area contributed by atoms with Crippen LogP contribution >= 0.6 is 0 Å². The maximum Gasteiger partial charge on any atom is 0.253 e. The van der Waals surface area contributed by atoms with Gasteiger partial charge in [-0.3, -0.25) is 9.59 Å². The summed E-state index contributed by atoms with van der Waals surface area (Å²) in [6.07, 6.45) is 2.90. The number of piperidine rings is 1. The highest BCUT2D eigenvalue weighted by atomic mass is 16.5. The predicted molar refractivity (Wildman–Crippen MR) is 106 cm³/mol. The molecule has 1 aromatic carbocycles. The Bertz CT molecular complexity index is 993. The number of likely N-dealkylation sites (tertiary alicyclic amines) is 1. The topological polar surface area (TPSA) is 101 Å². The molecule has 0 bridgehead atoms. The summed E-state index contributed by atoms with van der Waals surface area (Å²) in [5.41, 5.74) is 1.40. The first-order valence-electron chi connectivity index (χ1n) is 9.52. The lowest BCUT2D eigenvalue weighted by molar-refractivity contribution is -0.121. The average molecular weight is 391 g/mol. The van der Waals surface area contributed by atoms with E-state index in [1.807, 2.05) is 18.2 Å². The smallest absolute Gasteiger partial charge is 0.253 e. The molecule has 1 fully saturated rings. The van der Waals surface area contributed by atoms with Crippen LogP contribution in [0.2, 0.25) is 0 Å². The van der Waals surface area contributed by atoms with E-state index in [1.165, 1.54) is 0 Å². The molecule has 29 heavy (non-hydrogen) atoms. The molecule has 0 saturated carbocycles. The normalized spacial score (nSPS) is 14.6. The Hall–Kier alpha value is -3.55. The molecule has 0 unspecified atom stereocenters. The van der Waals surface area contributed by atoms with E-state index in [0.29, 0.717) is 49.0 Å². The van der Waals surface area contributed by atoms with Crippen molar-refractivity contribution in [3.05, 3.63) is 60.1 Å². The van der Waals surface area contributed by atoms with Crippen molar-refractivity contribution in [2.45, 2.75) is 19.8 Å². The van der Waals surface area contributed by atoms with Crippen LogP contribution in [-0.2, 0) is 4.79 Å². The van der Waals surface area contributed by atoms with Crippen LogP contribution in [0, 0.1) is 12.8 Å². The standard InChI is InChI=1S/C21H21N5O3/c1-14-23-19(25-29-14)15-5-7-17(8-6-15)21(28)26-12-9-16(10-13-26)20(27)24-18-4-2-3-11-22-18/h2-8,11,16H,9-10,12-13H2,1H3,(H,22,24,27). The molecule has 3 aromatic rings. The molecule has 1 aliphatic rings. The Labute approximate surface area is 167 Å². The Morgan fingerprint density at radius 3 is 2.48 bits per heavy atom. The quantitative estimate of drug-likeness (QED) is 0.734. The van der Waals surface area contributed by atoms with Crippen LogP contribution in [0.15, 0.2) is 53.2 Å². The third kappa shape index (κ3) is 4.31. The minimum Gasteiger partial charge on any atom is -0.339 e. The largest absolute Gasteiger partial charge is 0.339 e. The maximum absolute atomic E-state index is 12.8. The second-order valence-electron chi connectivity index (χ2n) is 6.99. The molecule has 2 amide bonds. The third-order valence-electron chi connectivity index (χ3n) is 4.99. The van der Waals surface area contributed by atoms with Crippen LogP contribution < -0.4 is 5.32 Å². The summed E-state index contributed by atoms with van der Waals surface area (Å²) in [5, 5.41) is 6.72. The van der Waals surface area contributed by atoms with Gasteiger partial charge in [0.25, 0.3) is 5.91 Å². The fourth-order valence-electron chi connectivity index (χ4n) is 3.37. The van der Waals surface area contributed by atoms with Crippen molar-refractivity contribution in [1.82, 2.24) is 20.0 Å². The van der Waals surface area contributed by atoms with Gasteiger partial charge in [0.2, 0.25) is 17.6 Å². The lowest BCUT2D eigenvalue weighted by atomic mass is 9.95. The van der Waals surface area contributed by atoms with E-state index in [0.717, 1.165) is 5.56 Å². The molecule has 3 heterocycles. The summed E-state index contributed by atoms with van der Waals surface area (Å²) >= 11 is 0. The molecule has 0 radical (unpaired) electrons. The van der Waals surface area contributed by atoms with E-state index in [9.17, 15) is 9.59 Å². The molecular formula is C21H21N5O3. The zero-order valence-corrected chi connectivity index (χ0v) is 16.0. The van der Waals surface area contributed by atoms with Crippen LogP contribution in [-0.4, -0.2) is 44.9 Å². The van der Waals surface area contributed by atoms with Crippen LogP contribution in [0.3, 0.4) is 0 Å². The van der Waals surface area contributed by atoms with E-state index in [2.05, 4.69) is 20.4 Å². The number of nitrogens with one attached hydrogen (secondary N) is 1. The molecule has 8 heteroatoms. The van der Waals surface area contributed by atoms with Crippen molar-refractivity contribution in [3.8, 4) is 11.4 Å². The van der Waals surface area contributed by atoms with Gasteiger partial charge < -0.3 is 14.7 Å². The van der Waals surface area contributed by atoms with Gasteiger partial charge in [0.15, 0.2) is 0 Å². The predicted octanol–water partition coefficient (Wildman–Crippen LogP) is 2.93. The second kappa shape index (κ2) is 8.22. The fraction of sp³-hybridized carbons (Fsp3) is 0.286. The number of nitrogens with zero attached hydrogens (tertiary/aromatic N) is 4. The Morgan fingerprint density at radius 1 is 1.10 bits per heavy atom. The summed E-state index contributed by atoms with van der Waals surface area (Å²) in [6.45, 7) is 2.82. The molecular weight excluding hydrogens is 370 g/mol. The van der Waals surface area contributed by atoms with E-state index < -0.39 is 0 Å². The van der Waals surface area contributed by atoms with Crippen molar-refractivity contribution in [2.75, 3.05) is 18.4 Å². The first kappa shape index (κ1) is 18.8. The Balaban J connectivity index is 1.33. The zero-order valence-electron chi connectivity index (χ0n) is 16.0. The molecule has 1 aliphatic heterocycles. The van der Waals surface area contributed by atoms with Crippen LogP contribution in [0.4, 0.5) is 5.82 Å². The van der Waals surface area contributed by atoms with Gasteiger partial charge in [0, 0.05) is 43.3 Å². The van der Waals surface area contributed by atoms with Gasteiger partial charge in [-0.25, -0.2) is 4.98 Å². The minimum absolute atomic E-state index is 0.0376. The molecule has 1 saturated heterocycles. The number of aryl methyl sites for hydroxylation is 1. The Morgan fingerprint density at radius 2 is 1.86 bits per heavy atom. The first-order chi connectivity index (χ1) is 14.1. The number of aromatic nitrogens is 3. The van der Waals surface area contributed by atoms with E-state index >= 15 is 0 Å². The summed E-state index contributed by atoms with van der Waals surface area (Å²) in [6, 6.07) is 12.5. The summed E-state index contributed by atoms with van der Waals surface area (Å²) < 4.78 is 4.99. The summed E-state index contributed by atoms with van der Waals surface area (Å²) in [5.74, 6) is 1.34. The summed E-state index contributed by atoms with van der Waals surface area (Å²) in [4.78, 5) is 35.3. The highest BCUT2D eigenvalue weighted by Crippen LogP contribution is 2.22. The molecule has 8 nitrogen and oxygen atoms in total. The number of carbonyl (C=O) groups is 2. The lowest BCUT2D eigenvalue weighted by Crippen LogP contribution is -2.41. The highest BCUT2D eigenvalue weighted by Gasteiger charge is 2.28. The highest BCUT2D eigenvalue weighted by molar-refractivity contribution is 5.95. The third-order valence-corrected chi connectivity index (χ3v) is 4.99. The molecule has 148 valence electrons. The monoisotopic (exact) mass is 391 g/mol. The number of benzene rings is 1. The number of rotatable bonds is 4.